The molecule has 4 aromatic carbocycles. The van der Waals surface area contributed by atoms with Gasteiger partial charge in [-0.3, -0.25) is 19.5 Å². The van der Waals surface area contributed by atoms with Gasteiger partial charge < -0.3 is 14.2 Å². The summed E-state index contributed by atoms with van der Waals surface area (Å²) in [5.41, 5.74) is 6.95. The van der Waals surface area contributed by atoms with Crippen LogP contribution in [0.2, 0.25) is 0 Å². The van der Waals surface area contributed by atoms with Crippen molar-refractivity contribution in [2.45, 2.75) is 25.5 Å². The summed E-state index contributed by atoms with van der Waals surface area (Å²) in [6.45, 7) is 0.278. The highest BCUT2D eigenvalue weighted by Crippen LogP contribution is 2.42. The Morgan fingerprint density at radius 3 is 2.46 bits per heavy atom. The van der Waals surface area contributed by atoms with Crippen molar-refractivity contribution >= 4 is 28.8 Å². The summed E-state index contributed by atoms with van der Waals surface area (Å²) in [7, 11) is 3.22. The maximum Gasteiger partial charge on any atom is 0.271 e. The molecule has 2 heterocycles. The lowest BCUT2D eigenvalue weighted by molar-refractivity contribution is -0.384. The highest BCUT2D eigenvalue weighted by Gasteiger charge is 2.33. The van der Waals surface area contributed by atoms with Crippen LogP contribution in [-0.4, -0.2) is 23.7 Å². The Morgan fingerprint density at radius 1 is 0.957 bits per heavy atom. The van der Waals surface area contributed by atoms with Gasteiger partial charge in [-0.15, -0.1) is 0 Å². The molecule has 1 aliphatic heterocycles. The fraction of sp³-hybridized carbons (Fsp3) is 0.167. The number of nitro groups is 1. The first-order chi connectivity index (χ1) is 22.4. The molecule has 2 aliphatic rings. The number of nitro benzene ring substituents is 1. The van der Waals surface area contributed by atoms with Gasteiger partial charge in [-0.2, -0.15) is 0 Å². The lowest BCUT2D eigenvalue weighted by Crippen LogP contribution is -2.38. The zero-order chi connectivity index (χ0) is 31.8. The third-order valence-corrected chi connectivity index (χ3v) is 9.31. The van der Waals surface area contributed by atoms with Crippen molar-refractivity contribution in [2.24, 2.45) is 4.99 Å². The minimum Gasteiger partial charge on any atom is -0.493 e. The number of hydrogen-bond acceptors (Lipinski definition) is 8. The van der Waals surface area contributed by atoms with E-state index in [0.717, 1.165) is 46.4 Å². The molecule has 0 saturated carbocycles. The molecular formula is C36H29N3O6S. The predicted octanol–water partition coefficient (Wildman–Crippen LogP) is 5.82. The number of benzene rings is 4. The van der Waals surface area contributed by atoms with Gasteiger partial charge in [-0.25, -0.2) is 4.99 Å². The number of non-ortho nitro benzene ring substituents is 1. The second-order valence-electron chi connectivity index (χ2n) is 11.0. The van der Waals surface area contributed by atoms with Gasteiger partial charge in [0.05, 0.1) is 35.4 Å². The molecule has 0 bridgehead atoms. The number of ether oxygens (including phenoxy) is 3. The maximum absolute atomic E-state index is 14.1. The fourth-order valence-corrected chi connectivity index (χ4v) is 7.04. The first-order valence-electron chi connectivity index (χ1n) is 14.7. The molecule has 0 fully saturated rings. The average Bonchev–Trinajstić information content (AvgIpc) is 3.40. The number of nitrogens with zero attached hydrogens (tertiary/aromatic N) is 3. The number of methoxy groups -OCH3 is 2. The van der Waals surface area contributed by atoms with E-state index in [1.54, 1.807) is 26.4 Å². The van der Waals surface area contributed by atoms with E-state index < -0.39 is 4.92 Å². The standard InChI is InChI=1S/C36H29N3O6S/c1-43-30-18-12-25(20-31(30)44-2)34-29-17-11-24-5-3-4-6-28(24)33(29)37-36-38(34)35(40)32(46-36)19-22-9-15-27(16-10-22)45-21-23-7-13-26(14-8-23)39(41)42/h3-10,12-16,18-20,34H,11,17,21H2,1-2H3/b32-19-/t34-/m0/s1. The minimum atomic E-state index is -0.427. The van der Waals surface area contributed by atoms with Crippen molar-refractivity contribution in [3.8, 4) is 17.2 Å². The fourth-order valence-electron chi connectivity index (χ4n) is 6.04. The number of rotatable bonds is 8. The van der Waals surface area contributed by atoms with Crippen LogP contribution in [0.1, 0.15) is 40.3 Å². The van der Waals surface area contributed by atoms with Crippen molar-refractivity contribution in [3.63, 3.8) is 0 Å². The van der Waals surface area contributed by atoms with Crippen molar-refractivity contribution in [1.82, 2.24) is 4.57 Å². The van der Waals surface area contributed by atoms with Gasteiger partial charge in [-0.1, -0.05) is 53.8 Å². The summed E-state index contributed by atoms with van der Waals surface area (Å²) in [5, 5.41) is 10.9. The Labute approximate surface area is 268 Å². The van der Waals surface area contributed by atoms with Crippen LogP contribution < -0.4 is 29.1 Å². The van der Waals surface area contributed by atoms with Crippen molar-refractivity contribution in [1.29, 1.82) is 0 Å². The Kier molecular flexibility index (Phi) is 7.71. The number of aromatic nitrogens is 1. The first-order valence-corrected chi connectivity index (χ1v) is 15.6. The summed E-state index contributed by atoms with van der Waals surface area (Å²) >= 11 is 1.38. The third-order valence-electron chi connectivity index (χ3n) is 8.33. The first kappa shape index (κ1) is 29.2. The summed E-state index contributed by atoms with van der Waals surface area (Å²) in [4.78, 5) is 30.3. The van der Waals surface area contributed by atoms with E-state index in [1.165, 1.54) is 29.0 Å². The molecule has 0 unspecified atom stereocenters. The predicted molar refractivity (Wildman–Crippen MR) is 176 cm³/mol. The Bertz CT molecular complexity index is 2180. The normalized spacial score (nSPS) is 15.3. The molecule has 46 heavy (non-hydrogen) atoms. The van der Waals surface area contributed by atoms with E-state index in [-0.39, 0.29) is 23.9 Å². The second kappa shape index (κ2) is 12.1. The highest BCUT2D eigenvalue weighted by molar-refractivity contribution is 7.07. The smallest absolute Gasteiger partial charge is 0.271 e. The molecule has 1 aromatic heterocycles. The molecule has 230 valence electrons. The molecular weight excluding hydrogens is 602 g/mol. The van der Waals surface area contributed by atoms with Crippen LogP contribution in [0.15, 0.2) is 106 Å². The van der Waals surface area contributed by atoms with Crippen LogP contribution in [-0.2, 0) is 13.0 Å². The summed E-state index contributed by atoms with van der Waals surface area (Å²) < 4.78 is 19.4. The molecule has 7 rings (SSSR count). The zero-order valence-corrected chi connectivity index (χ0v) is 26.0. The molecule has 1 aliphatic carbocycles. The highest BCUT2D eigenvalue weighted by atomic mass is 32.1. The number of hydrogen-bond donors (Lipinski definition) is 0. The second-order valence-corrected chi connectivity index (χ2v) is 12.0. The van der Waals surface area contributed by atoms with Crippen LogP contribution >= 0.6 is 11.3 Å². The number of aryl methyl sites for hydroxylation is 1. The summed E-state index contributed by atoms with van der Waals surface area (Å²) in [5.74, 6) is 1.88. The van der Waals surface area contributed by atoms with Gasteiger partial charge in [0.15, 0.2) is 16.3 Å². The number of allylic oxidation sites excluding steroid dienone is 1. The molecule has 10 heteroatoms. The molecule has 0 saturated heterocycles. The molecule has 0 spiro atoms. The van der Waals surface area contributed by atoms with E-state index in [4.69, 9.17) is 19.2 Å². The Balaban J connectivity index is 1.25. The lowest BCUT2D eigenvalue weighted by atomic mass is 9.83. The molecule has 0 N–H and O–H groups in total. The van der Waals surface area contributed by atoms with E-state index in [9.17, 15) is 14.9 Å². The van der Waals surface area contributed by atoms with Crippen LogP contribution in [0, 0.1) is 10.1 Å². The largest absolute Gasteiger partial charge is 0.493 e. The van der Waals surface area contributed by atoms with Crippen molar-refractivity contribution < 1.29 is 19.1 Å². The van der Waals surface area contributed by atoms with E-state index >= 15 is 0 Å². The summed E-state index contributed by atoms with van der Waals surface area (Å²) in [6.07, 6.45) is 3.55. The van der Waals surface area contributed by atoms with Crippen molar-refractivity contribution in [2.75, 3.05) is 14.2 Å². The quantitative estimate of drug-likeness (QED) is 0.158. The third kappa shape index (κ3) is 5.37. The molecule has 9 nitrogen and oxygen atoms in total. The van der Waals surface area contributed by atoms with E-state index in [0.29, 0.717) is 26.6 Å². The molecule has 5 aromatic rings. The number of fused-ring (bicyclic) bond motifs is 3. The van der Waals surface area contributed by atoms with Gasteiger partial charge in [-0.05, 0) is 83.1 Å². The molecule has 0 amide bonds. The number of thiazole rings is 1. The zero-order valence-electron chi connectivity index (χ0n) is 25.1. The maximum atomic E-state index is 14.1. The summed E-state index contributed by atoms with van der Waals surface area (Å²) in [6, 6.07) is 27.6. The SMILES string of the molecule is COc1ccc([C@H]2C3=C(N=c4s/c(=C\c5ccc(OCc6ccc([N+](=O)[O-])cc6)cc5)c(=O)n42)c2ccccc2CC3)cc1OC. The van der Waals surface area contributed by atoms with Gasteiger partial charge >= 0.3 is 0 Å². The molecule has 0 radical (unpaired) electrons. The lowest BCUT2D eigenvalue weighted by Gasteiger charge is -2.31. The molecule has 1 atom stereocenters. The van der Waals surface area contributed by atoms with Crippen LogP contribution in [0.3, 0.4) is 0 Å². The average molecular weight is 632 g/mol. The van der Waals surface area contributed by atoms with Crippen LogP contribution in [0.25, 0.3) is 11.8 Å². The van der Waals surface area contributed by atoms with Gasteiger partial charge in [0.2, 0.25) is 0 Å². The Hall–Kier alpha value is -5.48. The van der Waals surface area contributed by atoms with E-state index in [1.807, 2.05) is 59.2 Å². The van der Waals surface area contributed by atoms with Gasteiger partial charge in [0.1, 0.15) is 12.4 Å². The van der Waals surface area contributed by atoms with Gasteiger partial charge in [0, 0.05) is 17.7 Å². The topological polar surface area (TPSA) is 105 Å². The van der Waals surface area contributed by atoms with Crippen LogP contribution in [0.4, 0.5) is 5.69 Å². The van der Waals surface area contributed by atoms with Crippen LogP contribution in [0.5, 0.6) is 17.2 Å². The Morgan fingerprint density at radius 2 is 1.72 bits per heavy atom. The van der Waals surface area contributed by atoms with Gasteiger partial charge in [0.25, 0.3) is 11.2 Å². The van der Waals surface area contributed by atoms with Crippen molar-refractivity contribution in [3.05, 3.63) is 154 Å². The monoisotopic (exact) mass is 631 g/mol. The minimum absolute atomic E-state index is 0.0402. The van der Waals surface area contributed by atoms with E-state index in [2.05, 4.69) is 18.2 Å².